The SMILES string of the molecule is COc1ccc(-c2cnc3c(c2)c(C)c(C(=O)NC2CCC(C)CC2)c(=O)n3CCN2CCOCC2)cc1. The zero-order valence-electron chi connectivity index (χ0n) is 22.7. The summed E-state index contributed by atoms with van der Waals surface area (Å²) in [6.07, 6.45) is 5.90. The van der Waals surface area contributed by atoms with Crippen LogP contribution >= 0.6 is 0 Å². The van der Waals surface area contributed by atoms with Crippen LogP contribution in [0.25, 0.3) is 22.2 Å². The molecule has 8 nitrogen and oxygen atoms in total. The van der Waals surface area contributed by atoms with Crippen molar-refractivity contribution < 1.29 is 14.3 Å². The molecule has 1 saturated heterocycles. The number of aromatic nitrogens is 2. The van der Waals surface area contributed by atoms with Gasteiger partial charge in [0.25, 0.3) is 11.5 Å². The largest absolute Gasteiger partial charge is 0.497 e. The van der Waals surface area contributed by atoms with E-state index >= 15 is 0 Å². The summed E-state index contributed by atoms with van der Waals surface area (Å²) in [6.45, 7) is 8.35. The number of nitrogens with one attached hydrogen (secondary N) is 1. The molecule has 2 aromatic heterocycles. The Balaban J connectivity index is 1.54. The van der Waals surface area contributed by atoms with Crippen molar-refractivity contribution in [1.29, 1.82) is 0 Å². The van der Waals surface area contributed by atoms with Crippen molar-refractivity contribution in [3.05, 3.63) is 58.0 Å². The van der Waals surface area contributed by atoms with E-state index < -0.39 is 0 Å². The number of carbonyl (C=O) groups excluding carboxylic acids is 1. The molecule has 0 radical (unpaired) electrons. The fourth-order valence-corrected chi connectivity index (χ4v) is 5.62. The predicted molar refractivity (Wildman–Crippen MR) is 149 cm³/mol. The van der Waals surface area contributed by atoms with Crippen LogP contribution in [0.5, 0.6) is 5.75 Å². The van der Waals surface area contributed by atoms with E-state index in [1.807, 2.05) is 37.3 Å². The number of fused-ring (bicyclic) bond motifs is 1. The number of hydrogen-bond acceptors (Lipinski definition) is 6. The summed E-state index contributed by atoms with van der Waals surface area (Å²) >= 11 is 0. The Morgan fingerprint density at radius 3 is 2.47 bits per heavy atom. The number of nitrogens with zero attached hydrogens (tertiary/aromatic N) is 3. The first-order chi connectivity index (χ1) is 18.4. The molecule has 1 aliphatic heterocycles. The second-order valence-corrected chi connectivity index (χ2v) is 10.7. The van der Waals surface area contributed by atoms with Crippen LogP contribution in [-0.4, -0.2) is 66.4 Å². The molecular weight excluding hydrogens is 480 g/mol. The Morgan fingerprint density at radius 1 is 1.08 bits per heavy atom. The zero-order valence-corrected chi connectivity index (χ0v) is 22.7. The summed E-state index contributed by atoms with van der Waals surface area (Å²) in [4.78, 5) is 34.5. The van der Waals surface area contributed by atoms with Gasteiger partial charge in [-0.25, -0.2) is 4.98 Å². The highest BCUT2D eigenvalue weighted by molar-refractivity contribution is 6.00. The highest BCUT2D eigenvalue weighted by atomic mass is 16.5. The molecular formula is C30H38N4O4. The van der Waals surface area contributed by atoms with Gasteiger partial charge in [-0.2, -0.15) is 0 Å². The third kappa shape index (κ3) is 5.61. The van der Waals surface area contributed by atoms with E-state index in [-0.39, 0.29) is 23.1 Å². The number of morpholine rings is 1. The molecule has 5 rings (SSSR count). The molecule has 0 unspecified atom stereocenters. The van der Waals surface area contributed by atoms with Gasteiger partial charge in [-0.1, -0.05) is 19.1 Å². The summed E-state index contributed by atoms with van der Waals surface area (Å²) in [5.41, 5.74) is 3.17. The van der Waals surface area contributed by atoms with E-state index in [1.165, 1.54) is 0 Å². The van der Waals surface area contributed by atoms with Gasteiger partial charge >= 0.3 is 0 Å². The summed E-state index contributed by atoms with van der Waals surface area (Å²) in [7, 11) is 1.65. The molecule has 2 fully saturated rings. The van der Waals surface area contributed by atoms with Crippen molar-refractivity contribution in [2.45, 2.75) is 52.1 Å². The third-order valence-electron chi connectivity index (χ3n) is 8.11. The van der Waals surface area contributed by atoms with Gasteiger partial charge in [0, 0.05) is 49.4 Å². The van der Waals surface area contributed by atoms with E-state index in [2.05, 4.69) is 17.1 Å². The number of aryl methyl sites for hydroxylation is 1. The molecule has 2 aliphatic rings. The van der Waals surface area contributed by atoms with Gasteiger partial charge < -0.3 is 14.8 Å². The molecule has 1 N–H and O–H groups in total. The predicted octanol–water partition coefficient (Wildman–Crippen LogP) is 4.02. The van der Waals surface area contributed by atoms with E-state index in [9.17, 15) is 9.59 Å². The lowest BCUT2D eigenvalue weighted by Crippen LogP contribution is -2.43. The average Bonchev–Trinajstić information content (AvgIpc) is 2.95. The summed E-state index contributed by atoms with van der Waals surface area (Å²) in [5.74, 6) is 1.20. The van der Waals surface area contributed by atoms with E-state index in [1.54, 1.807) is 17.9 Å². The summed E-state index contributed by atoms with van der Waals surface area (Å²) in [6, 6.07) is 9.97. The van der Waals surface area contributed by atoms with Crippen molar-refractivity contribution in [3.63, 3.8) is 0 Å². The zero-order chi connectivity index (χ0) is 26.6. The van der Waals surface area contributed by atoms with Crippen LogP contribution in [0.4, 0.5) is 0 Å². The topological polar surface area (TPSA) is 85.7 Å². The molecule has 1 aromatic carbocycles. The van der Waals surface area contributed by atoms with Crippen LogP contribution in [0, 0.1) is 12.8 Å². The minimum Gasteiger partial charge on any atom is -0.497 e. The maximum absolute atomic E-state index is 13.8. The molecule has 0 atom stereocenters. The fraction of sp³-hybridized carbons (Fsp3) is 0.500. The first-order valence-corrected chi connectivity index (χ1v) is 13.7. The minimum atomic E-state index is -0.274. The Bertz CT molecular complexity index is 1340. The van der Waals surface area contributed by atoms with Crippen molar-refractivity contribution in [2.75, 3.05) is 40.0 Å². The smallest absolute Gasteiger partial charge is 0.265 e. The van der Waals surface area contributed by atoms with Gasteiger partial charge in [-0.05, 0) is 67.9 Å². The van der Waals surface area contributed by atoms with Crippen LogP contribution in [0.15, 0.2) is 41.3 Å². The van der Waals surface area contributed by atoms with Crippen LogP contribution in [0.1, 0.15) is 48.5 Å². The Morgan fingerprint density at radius 2 is 1.79 bits per heavy atom. The van der Waals surface area contributed by atoms with Gasteiger partial charge in [0.05, 0.1) is 20.3 Å². The standard InChI is InChI=1S/C30H38N4O4/c1-20-4-8-24(9-5-20)32-29(35)27-21(2)26-18-23(22-6-10-25(37-3)11-7-22)19-31-28(26)34(30(27)36)13-12-33-14-16-38-17-15-33/h6-7,10-11,18-20,24H,4-5,8-9,12-17H2,1-3H3,(H,32,35). The lowest BCUT2D eigenvalue weighted by Gasteiger charge is -2.28. The number of hydrogen-bond donors (Lipinski definition) is 1. The highest BCUT2D eigenvalue weighted by Gasteiger charge is 2.25. The van der Waals surface area contributed by atoms with E-state index in [0.29, 0.717) is 43.4 Å². The van der Waals surface area contributed by atoms with E-state index in [4.69, 9.17) is 14.5 Å². The van der Waals surface area contributed by atoms with Crippen LogP contribution in [-0.2, 0) is 11.3 Å². The number of amides is 1. The molecule has 1 saturated carbocycles. The first-order valence-electron chi connectivity index (χ1n) is 13.7. The number of rotatable bonds is 7. The summed E-state index contributed by atoms with van der Waals surface area (Å²) in [5, 5.41) is 4.00. The minimum absolute atomic E-state index is 0.110. The normalized spacial score (nSPS) is 20.4. The number of ether oxygens (including phenoxy) is 2. The molecule has 1 aliphatic carbocycles. The molecule has 3 aromatic rings. The molecule has 38 heavy (non-hydrogen) atoms. The Hall–Kier alpha value is -3.23. The van der Waals surface area contributed by atoms with Gasteiger partial charge in [0.15, 0.2) is 0 Å². The molecule has 3 heterocycles. The molecule has 0 spiro atoms. The quantitative estimate of drug-likeness (QED) is 0.509. The monoisotopic (exact) mass is 518 g/mol. The molecule has 8 heteroatoms. The lowest BCUT2D eigenvalue weighted by atomic mass is 9.87. The van der Waals surface area contributed by atoms with Gasteiger partial charge in [-0.15, -0.1) is 0 Å². The van der Waals surface area contributed by atoms with Crippen molar-refractivity contribution >= 4 is 16.9 Å². The van der Waals surface area contributed by atoms with Crippen molar-refractivity contribution in [2.24, 2.45) is 5.92 Å². The maximum Gasteiger partial charge on any atom is 0.265 e. The third-order valence-corrected chi connectivity index (χ3v) is 8.11. The lowest BCUT2D eigenvalue weighted by molar-refractivity contribution is 0.0364. The summed E-state index contributed by atoms with van der Waals surface area (Å²) < 4.78 is 12.5. The number of pyridine rings is 2. The Kier molecular flexibility index (Phi) is 8.09. The maximum atomic E-state index is 13.8. The average molecular weight is 519 g/mol. The fourth-order valence-electron chi connectivity index (χ4n) is 5.62. The first kappa shape index (κ1) is 26.4. The van der Waals surface area contributed by atoms with Gasteiger partial charge in [0.1, 0.15) is 17.0 Å². The van der Waals surface area contributed by atoms with Gasteiger partial charge in [-0.3, -0.25) is 19.1 Å². The number of methoxy groups -OCH3 is 1. The van der Waals surface area contributed by atoms with Crippen LogP contribution < -0.4 is 15.6 Å². The van der Waals surface area contributed by atoms with Crippen LogP contribution in [0.2, 0.25) is 0 Å². The second-order valence-electron chi connectivity index (χ2n) is 10.7. The van der Waals surface area contributed by atoms with E-state index in [0.717, 1.165) is 61.0 Å². The molecule has 0 bridgehead atoms. The molecule has 1 amide bonds. The number of benzene rings is 1. The molecule has 202 valence electrons. The Labute approximate surface area is 224 Å². The van der Waals surface area contributed by atoms with Gasteiger partial charge in [0.2, 0.25) is 0 Å². The second kappa shape index (κ2) is 11.7. The highest BCUT2D eigenvalue weighted by Crippen LogP contribution is 2.28. The van der Waals surface area contributed by atoms with Crippen molar-refractivity contribution in [3.8, 4) is 16.9 Å². The van der Waals surface area contributed by atoms with Crippen molar-refractivity contribution in [1.82, 2.24) is 19.8 Å². The van der Waals surface area contributed by atoms with Crippen LogP contribution in [0.3, 0.4) is 0 Å². The number of carbonyl (C=O) groups is 1.